The third kappa shape index (κ3) is 6.68. The van der Waals surface area contributed by atoms with Crippen LogP contribution >= 0.6 is 11.3 Å². The predicted molar refractivity (Wildman–Crippen MR) is 120 cm³/mol. The lowest BCUT2D eigenvalue weighted by Crippen LogP contribution is -2.38. The Hall–Kier alpha value is -2.64. The number of nitrogens with zero attached hydrogens (tertiary/aromatic N) is 3. The van der Waals surface area contributed by atoms with Gasteiger partial charge in [0, 0.05) is 29.6 Å². The predicted octanol–water partition coefficient (Wildman–Crippen LogP) is 3.81. The minimum absolute atomic E-state index is 0.0771. The van der Waals surface area contributed by atoms with Gasteiger partial charge in [-0.3, -0.25) is 23.5 Å². The summed E-state index contributed by atoms with van der Waals surface area (Å²) in [6.45, 7) is 1.47. The minimum Gasteiger partial charge on any atom is -0.755 e. The molecule has 3 rings (SSSR count). The van der Waals surface area contributed by atoms with E-state index in [4.69, 9.17) is 4.74 Å². The number of amides is 2. The molecule has 1 fully saturated rings. The van der Waals surface area contributed by atoms with Crippen LogP contribution in [0.1, 0.15) is 32.6 Å². The van der Waals surface area contributed by atoms with Crippen LogP contribution in [0.2, 0.25) is 0 Å². The highest BCUT2D eigenvalue weighted by molar-refractivity contribution is 7.81. The summed E-state index contributed by atoms with van der Waals surface area (Å²) in [4.78, 5) is 30.1. The number of halogens is 2. The first-order valence-electron chi connectivity index (χ1n) is 10.3. The summed E-state index contributed by atoms with van der Waals surface area (Å²) in [6, 6.07) is 2.62. The molecule has 180 valence electrons. The molecule has 9 nitrogen and oxygen atoms in total. The molecule has 1 aromatic heterocycles. The highest BCUT2D eigenvalue weighted by Gasteiger charge is 2.25. The second kappa shape index (κ2) is 11.5. The lowest BCUT2D eigenvalue weighted by molar-refractivity contribution is -0.141. The summed E-state index contributed by atoms with van der Waals surface area (Å²) in [6.07, 6.45) is 5.13. The van der Waals surface area contributed by atoms with Crippen molar-refractivity contribution in [3.05, 3.63) is 36.0 Å². The molecule has 1 N–H and O–H groups in total. The van der Waals surface area contributed by atoms with E-state index in [1.165, 1.54) is 17.2 Å². The zero-order valence-electron chi connectivity index (χ0n) is 17.8. The number of hydrogen-bond acceptors (Lipinski definition) is 7. The van der Waals surface area contributed by atoms with Crippen LogP contribution in [0.4, 0.5) is 29.4 Å². The van der Waals surface area contributed by atoms with E-state index in [0.29, 0.717) is 6.54 Å². The number of carbonyl (C=O) groups is 2. The SMILES string of the molecule is CCOC(=O)CN(c1cnc(NC(=O)N(CC2CCCC2)c2ccc(F)c(F)c2)s1)S(=O)[O-]. The summed E-state index contributed by atoms with van der Waals surface area (Å²) in [7, 11) is 0. The quantitative estimate of drug-likeness (QED) is 0.413. The van der Waals surface area contributed by atoms with Crippen LogP contribution in [0.3, 0.4) is 0 Å². The Morgan fingerprint density at radius 2 is 2.03 bits per heavy atom. The van der Waals surface area contributed by atoms with Gasteiger partial charge >= 0.3 is 12.0 Å². The number of nitrogens with one attached hydrogen (secondary N) is 1. The largest absolute Gasteiger partial charge is 0.755 e. The molecule has 1 aliphatic carbocycles. The van der Waals surface area contributed by atoms with Crippen LogP contribution in [0.15, 0.2) is 24.4 Å². The molecule has 0 bridgehead atoms. The highest BCUT2D eigenvalue weighted by Crippen LogP contribution is 2.31. The molecule has 1 aliphatic rings. The first-order valence-corrected chi connectivity index (χ1v) is 12.1. The van der Waals surface area contributed by atoms with E-state index in [1.54, 1.807) is 6.92 Å². The van der Waals surface area contributed by atoms with E-state index in [2.05, 4.69) is 10.3 Å². The molecule has 1 atom stereocenters. The highest BCUT2D eigenvalue weighted by atomic mass is 32.2. The molecule has 2 aromatic rings. The lowest BCUT2D eigenvalue weighted by Gasteiger charge is -2.26. The van der Waals surface area contributed by atoms with Gasteiger partial charge in [-0.15, -0.1) is 0 Å². The summed E-state index contributed by atoms with van der Waals surface area (Å²) < 4.78 is 55.9. The van der Waals surface area contributed by atoms with Crippen molar-refractivity contribution in [1.82, 2.24) is 4.98 Å². The van der Waals surface area contributed by atoms with E-state index >= 15 is 0 Å². The van der Waals surface area contributed by atoms with Gasteiger partial charge in [0.05, 0.1) is 12.8 Å². The Morgan fingerprint density at radius 3 is 2.67 bits per heavy atom. The molecular formula is C20H23F2N4O5S2-. The Morgan fingerprint density at radius 1 is 1.30 bits per heavy atom. The van der Waals surface area contributed by atoms with Crippen molar-refractivity contribution in [1.29, 1.82) is 0 Å². The lowest BCUT2D eigenvalue weighted by atomic mass is 10.1. The summed E-state index contributed by atoms with van der Waals surface area (Å²) in [5, 5.41) is 2.75. The third-order valence-electron chi connectivity index (χ3n) is 5.09. The molecule has 0 spiro atoms. The summed E-state index contributed by atoms with van der Waals surface area (Å²) in [5.41, 5.74) is 0.194. The number of aromatic nitrogens is 1. The van der Waals surface area contributed by atoms with Crippen molar-refractivity contribution in [2.75, 3.05) is 34.2 Å². The fourth-order valence-corrected chi connectivity index (χ4v) is 4.95. The maximum Gasteiger partial charge on any atom is 0.328 e. The van der Waals surface area contributed by atoms with Crippen molar-refractivity contribution in [3.63, 3.8) is 0 Å². The van der Waals surface area contributed by atoms with Crippen LogP contribution in [0, 0.1) is 17.6 Å². The van der Waals surface area contributed by atoms with Gasteiger partial charge in [-0.2, -0.15) is 0 Å². The van der Waals surface area contributed by atoms with Crippen LogP contribution in [-0.2, 0) is 20.8 Å². The van der Waals surface area contributed by atoms with Crippen LogP contribution in [0.5, 0.6) is 0 Å². The Kier molecular flexibility index (Phi) is 8.69. The first-order chi connectivity index (χ1) is 15.8. The molecule has 0 saturated heterocycles. The van der Waals surface area contributed by atoms with E-state index in [-0.39, 0.29) is 28.3 Å². The van der Waals surface area contributed by atoms with Gasteiger partial charge in [0.25, 0.3) is 0 Å². The molecule has 1 saturated carbocycles. The molecule has 0 radical (unpaired) electrons. The summed E-state index contributed by atoms with van der Waals surface area (Å²) in [5.74, 6) is -2.60. The molecule has 1 heterocycles. The van der Waals surface area contributed by atoms with Gasteiger partial charge in [0.2, 0.25) is 0 Å². The van der Waals surface area contributed by atoms with E-state index < -0.39 is 41.4 Å². The average molecular weight is 502 g/mol. The van der Waals surface area contributed by atoms with Gasteiger partial charge in [0.15, 0.2) is 16.8 Å². The number of ether oxygens (including phenoxy) is 1. The Balaban J connectivity index is 1.77. The number of carbonyl (C=O) groups excluding carboxylic acids is 2. The van der Waals surface area contributed by atoms with Crippen molar-refractivity contribution >= 4 is 50.4 Å². The third-order valence-corrected chi connectivity index (χ3v) is 6.82. The van der Waals surface area contributed by atoms with Crippen molar-refractivity contribution in [3.8, 4) is 0 Å². The maximum absolute atomic E-state index is 13.8. The van der Waals surface area contributed by atoms with Crippen LogP contribution in [0.25, 0.3) is 0 Å². The van der Waals surface area contributed by atoms with Gasteiger partial charge < -0.3 is 9.29 Å². The smallest absolute Gasteiger partial charge is 0.328 e. The first kappa shape index (κ1) is 25.0. The Labute approximate surface area is 196 Å². The minimum atomic E-state index is -2.77. The summed E-state index contributed by atoms with van der Waals surface area (Å²) >= 11 is -1.93. The van der Waals surface area contributed by atoms with Gasteiger partial charge in [0.1, 0.15) is 11.5 Å². The van der Waals surface area contributed by atoms with Crippen LogP contribution < -0.4 is 14.5 Å². The fourth-order valence-electron chi connectivity index (χ4n) is 3.54. The normalized spacial score (nSPS) is 14.7. The zero-order valence-corrected chi connectivity index (χ0v) is 19.4. The van der Waals surface area contributed by atoms with Crippen molar-refractivity contribution in [2.24, 2.45) is 5.92 Å². The molecule has 2 amide bonds. The second-order valence-corrected chi connectivity index (χ2v) is 9.24. The number of urea groups is 1. The van der Waals surface area contributed by atoms with Crippen molar-refractivity contribution in [2.45, 2.75) is 32.6 Å². The zero-order chi connectivity index (χ0) is 24.0. The van der Waals surface area contributed by atoms with E-state index in [9.17, 15) is 27.1 Å². The standard InChI is InChI=1S/C20H24F2N4O5S2/c1-2-31-18(27)12-26(33(29)30)17-10-23-19(32-17)24-20(28)25(11-13-5-3-4-6-13)14-7-8-15(21)16(22)9-14/h7-10,13H,2-6,11-12H2,1H3,(H,29,30)(H,23,24,28)/p-1. The topological polar surface area (TPSA) is 115 Å². The Bertz CT molecular complexity index is 1020. The molecule has 0 aliphatic heterocycles. The molecule has 1 unspecified atom stereocenters. The van der Waals surface area contributed by atoms with Gasteiger partial charge in [-0.1, -0.05) is 24.2 Å². The van der Waals surface area contributed by atoms with Crippen molar-refractivity contribution < 1.29 is 31.9 Å². The van der Waals surface area contributed by atoms with Gasteiger partial charge in [-0.05, 0) is 37.8 Å². The maximum atomic E-state index is 13.8. The number of rotatable bonds is 9. The number of thiazole rings is 1. The second-order valence-electron chi connectivity index (χ2n) is 7.35. The van der Waals surface area contributed by atoms with E-state index in [0.717, 1.165) is 53.5 Å². The fraction of sp³-hybridized carbons (Fsp3) is 0.450. The number of esters is 1. The molecular weight excluding hydrogens is 478 g/mol. The molecule has 33 heavy (non-hydrogen) atoms. The average Bonchev–Trinajstić information content (AvgIpc) is 3.44. The monoisotopic (exact) mass is 501 g/mol. The van der Waals surface area contributed by atoms with E-state index in [1.807, 2.05) is 0 Å². The van der Waals surface area contributed by atoms with Gasteiger partial charge in [-0.25, -0.2) is 18.6 Å². The van der Waals surface area contributed by atoms with Crippen LogP contribution in [-0.4, -0.2) is 45.4 Å². The molecule has 13 heteroatoms. The number of anilines is 3. The number of hydrogen-bond donors (Lipinski definition) is 1. The number of benzene rings is 1. The molecule has 1 aromatic carbocycles.